The van der Waals surface area contributed by atoms with Gasteiger partial charge in [0.05, 0.1) is 18.5 Å². The highest BCUT2D eigenvalue weighted by molar-refractivity contribution is 6.01. The fourth-order valence-electron chi connectivity index (χ4n) is 2.04. The standard InChI is InChI=1S/C11H15N3O3/c1-2-17-11(15)7-14-10-5-3-4-9(13-16)8(10)6-12-14/h6,16H,2-5,7H2,1H3/b13-9+. The molecule has 0 saturated heterocycles. The molecule has 1 aromatic heterocycles. The van der Waals surface area contributed by atoms with Gasteiger partial charge in [0.15, 0.2) is 0 Å². The molecule has 0 fully saturated rings. The van der Waals surface area contributed by atoms with Gasteiger partial charge in [-0.25, -0.2) is 0 Å². The molecule has 92 valence electrons. The lowest BCUT2D eigenvalue weighted by Crippen LogP contribution is -2.19. The van der Waals surface area contributed by atoms with Gasteiger partial charge < -0.3 is 9.94 Å². The van der Waals surface area contributed by atoms with Crippen LogP contribution in [0.4, 0.5) is 0 Å². The minimum absolute atomic E-state index is 0.113. The molecule has 6 nitrogen and oxygen atoms in total. The highest BCUT2D eigenvalue weighted by Crippen LogP contribution is 2.21. The minimum Gasteiger partial charge on any atom is -0.465 e. The first-order valence-electron chi connectivity index (χ1n) is 5.68. The van der Waals surface area contributed by atoms with E-state index in [1.54, 1.807) is 17.8 Å². The van der Waals surface area contributed by atoms with Crippen LogP contribution < -0.4 is 0 Å². The summed E-state index contributed by atoms with van der Waals surface area (Å²) in [7, 11) is 0. The quantitative estimate of drug-likeness (QED) is 0.482. The number of ether oxygens (including phenoxy) is 1. The predicted octanol–water partition coefficient (Wildman–Crippen LogP) is 0.961. The molecule has 0 spiro atoms. The molecule has 0 aromatic carbocycles. The maximum atomic E-state index is 11.4. The first-order chi connectivity index (χ1) is 8.26. The smallest absolute Gasteiger partial charge is 0.327 e. The van der Waals surface area contributed by atoms with Gasteiger partial charge in [0.1, 0.15) is 6.54 Å². The van der Waals surface area contributed by atoms with Crippen LogP contribution in [0.25, 0.3) is 0 Å². The fraction of sp³-hybridized carbons (Fsp3) is 0.545. The van der Waals surface area contributed by atoms with Crippen LogP contribution in [0.15, 0.2) is 11.4 Å². The van der Waals surface area contributed by atoms with Crippen LogP contribution >= 0.6 is 0 Å². The Morgan fingerprint density at radius 1 is 1.65 bits per heavy atom. The molecule has 1 N–H and O–H groups in total. The number of aromatic nitrogens is 2. The van der Waals surface area contributed by atoms with E-state index in [9.17, 15) is 4.79 Å². The average molecular weight is 237 g/mol. The Bertz CT molecular complexity index is 451. The van der Waals surface area contributed by atoms with Gasteiger partial charge in [0.25, 0.3) is 0 Å². The molecule has 0 bridgehead atoms. The van der Waals surface area contributed by atoms with Gasteiger partial charge in [0.2, 0.25) is 0 Å². The fourth-order valence-corrected chi connectivity index (χ4v) is 2.04. The first-order valence-corrected chi connectivity index (χ1v) is 5.68. The molecule has 17 heavy (non-hydrogen) atoms. The lowest BCUT2D eigenvalue weighted by Gasteiger charge is -2.14. The molecular weight excluding hydrogens is 222 g/mol. The van der Waals surface area contributed by atoms with Crippen molar-refractivity contribution in [1.82, 2.24) is 9.78 Å². The van der Waals surface area contributed by atoms with E-state index in [-0.39, 0.29) is 12.5 Å². The Morgan fingerprint density at radius 2 is 2.47 bits per heavy atom. The second-order valence-electron chi connectivity index (χ2n) is 3.87. The summed E-state index contributed by atoms with van der Waals surface area (Å²) in [4.78, 5) is 11.4. The van der Waals surface area contributed by atoms with E-state index in [1.807, 2.05) is 0 Å². The number of carbonyl (C=O) groups is 1. The van der Waals surface area contributed by atoms with Crippen LogP contribution in [0.2, 0.25) is 0 Å². The second kappa shape index (κ2) is 4.99. The van der Waals surface area contributed by atoms with Gasteiger partial charge in [-0.1, -0.05) is 5.16 Å². The molecule has 0 atom stereocenters. The molecule has 1 aliphatic carbocycles. The van der Waals surface area contributed by atoms with E-state index in [2.05, 4.69) is 10.3 Å². The van der Waals surface area contributed by atoms with Gasteiger partial charge >= 0.3 is 5.97 Å². The Kier molecular flexibility index (Phi) is 3.41. The summed E-state index contributed by atoms with van der Waals surface area (Å²) >= 11 is 0. The van der Waals surface area contributed by atoms with E-state index < -0.39 is 0 Å². The van der Waals surface area contributed by atoms with Crippen molar-refractivity contribution in [3.05, 3.63) is 17.5 Å². The summed E-state index contributed by atoms with van der Waals surface area (Å²) in [5.41, 5.74) is 2.42. The normalized spacial score (nSPS) is 16.9. The number of fused-ring (bicyclic) bond motifs is 1. The zero-order valence-corrected chi connectivity index (χ0v) is 9.72. The molecule has 6 heteroatoms. The zero-order valence-electron chi connectivity index (χ0n) is 9.72. The van der Waals surface area contributed by atoms with Gasteiger partial charge in [-0.2, -0.15) is 5.10 Å². The largest absolute Gasteiger partial charge is 0.465 e. The van der Waals surface area contributed by atoms with Gasteiger partial charge in [0, 0.05) is 11.3 Å². The van der Waals surface area contributed by atoms with E-state index >= 15 is 0 Å². The number of nitrogens with zero attached hydrogens (tertiary/aromatic N) is 3. The Balaban J connectivity index is 2.21. The zero-order chi connectivity index (χ0) is 12.3. The van der Waals surface area contributed by atoms with Crippen LogP contribution in [-0.2, 0) is 22.5 Å². The Labute approximate surface area is 98.9 Å². The number of hydrogen-bond acceptors (Lipinski definition) is 5. The predicted molar refractivity (Wildman–Crippen MR) is 60.1 cm³/mol. The lowest BCUT2D eigenvalue weighted by atomic mass is 9.96. The van der Waals surface area contributed by atoms with E-state index in [1.165, 1.54) is 0 Å². The van der Waals surface area contributed by atoms with E-state index in [4.69, 9.17) is 9.94 Å². The lowest BCUT2D eigenvalue weighted by molar-refractivity contribution is -0.144. The SMILES string of the molecule is CCOC(=O)Cn1ncc2c1CCC/C2=N\O. The van der Waals surface area contributed by atoms with Gasteiger partial charge in [-0.05, 0) is 26.2 Å². The van der Waals surface area contributed by atoms with Crippen molar-refractivity contribution >= 4 is 11.7 Å². The summed E-state index contributed by atoms with van der Waals surface area (Å²) in [5, 5.41) is 16.3. The van der Waals surface area contributed by atoms with Crippen molar-refractivity contribution in [2.75, 3.05) is 6.61 Å². The highest BCUT2D eigenvalue weighted by atomic mass is 16.5. The first kappa shape index (κ1) is 11.6. The molecule has 1 aromatic rings. The number of esters is 1. The molecule has 0 aliphatic heterocycles. The van der Waals surface area contributed by atoms with E-state index in [0.29, 0.717) is 12.3 Å². The van der Waals surface area contributed by atoms with Crippen molar-refractivity contribution in [1.29, 1.82) is 0 Å². The maximum absolute atomic E-state index is 11.4. The number of carbonyl (C=O) groups excluding carboxylic acids is 1. The van der Waals surface area contributed by atoms with Crippen molar-refractivity contribution in [2.24, 2.45) is 5.16 Å². The molecule has 1 aliphatic rings. The molecule has 1 heterocycles. The number of hydrogen-bond donors (Lipinski definition) is 1. The topological polar surface area (TPSA) is 76.7 Å². The van der Waals surface area contributed by atoms with Crippen LogP contribution in [0.3, 0.4) is 0 Å². The van der Waals surface area contributed by atoms with Crippen LogP contribution in [0.5, 0.6) is 0 Å². The summed E-state index contributed by atoms with van der Waals surface area (Å²) in [6.45, 7) is 2.25. The summed E-state index contributed by atoms with van der Waals surface area (Å²) in [6, 6.07) is 0. The van der Waals surface area contributed by atoms with Crippen LogP contribution in [0, 0.1) is 0 Å². The van der Waals surface area contributed by atoms with Crippen molar-refractivity contribution in [3.63, 3.8) is 0 Å². The Hall–Kier alpha value is -1.85. The van der Waals surface area contributed by atoms with Crippen molar-refractivity contribution in [3.8, 4) is 0 Å². The van der Waals surface area contributed by atoms with Crippen LogP contribution in [-0.4, -0.2) is 33.3 Å². The van der Waals surface area contributed by atoms with Gasteiger partial charge in [-0.3, -0.25) is 9.48 Å². The summed E-state index contributed by atoms with van der Waals surface area (Å²) < 4.78 is 6.50. The third-order valence-corrected chi connectivity index (χ3v) is 2.79. The number of rotatable bonds is 3. The van der Waals surface area contributed by atoms with Crippen LogP contribution in [0.1, 0.15) is 31.0 Å². The summed E-state index contributed by atoms with van der Waals surface area (Å²) in [6.07, 6.45) is 4.13. The van der Waals surface area contributed by atoms with Crippen molar-refractivity contribution < 1.29 is 14.7 Å². The van der Waals surface area contributed by atoms with Gasteiger partial charge in [-0.15, -0.1) is 0 Å². The Morgan fingerprint density at radius 3 is 3.18 bits per heavy atom. The molecular formula is C11H15N3O3. The van der Waals surface area contributed by atoms with Crippen molar-refractivity contribution in [2.45, 2.75) is 32.7 Å². The van der Waals surface area contributed by atoms with E-state index in [0.717, 1.165) is 30.5 Å². The minimum atomic E-state index is -0.300. The molecule has 0 radical (unpaired) electrons. The monoisotopic (exact) mass is 237 g/mol. The third kappa shape index (κ3) is 2.30. The average Bonchev–Trinajstić information content (AvgIpc) is 2.73. The second-order valence-corrected chi connectivity index (χ2v) is 3.87. The molecule has 2 rings (SSSR count). The number of oxime groups is 1. The molecule has 0 amide bonds. The third-order valence-electron chi connectivity index (χ3n) is 2.79. The molecule has 0 saturated carbocycles. The maximum Gasteiger partial charge on any atom is 0.327 e. The highest BCUT2D eigenvalue weighted by Gasteiger charge is 2.21. The summed E-state index contributed by atoms with van der Waals surface area (Å²) in [5.74, 6) is -0.300. The molecule has 0 unspecified atom stereocenters.